The van der Waals surface area contributed by atoms with E-state index in [-0.39, 0.29) is 6.17 Å². The molecular weight excluding hydrogens is 667 g/mol. The number of rotatable bonds is 5. The minimum Gasteiger partial charge on any atom is -0.360 e. The molecule has 2 heterocycles. The Bertz CT molecular complexity index is 2890. The Morgan fingerprint density at radius 1 is 0.545 bits per heavy atom. The van der Waals surface area contributed by atoms with Gasteiger partial charge in [0.05, 0.1) is 16.9 Å². The van der Waals surface area contributed by atoms with Crippen LogP contribution in [-0.2, 0) is 0 Å². The Hall–Kier alpha value is -6.97. The van der Waals surface area contributed by atoms with Gasteiger partial charge in [-0.3, -0.25) is 4.99 Å². The standard InChI is InChI=1S/C52H37N3/c1-2-11-34(12-3-1)35-21-23-36(24-22-35)40-15-10-16-41(33-40)51-45-19-8-9-20-46(45)53-52(54-51)39-25-29-42(30-26-39)55-47-31-27-37-13-4-6-17-43(37)49(47)50-44-18-7-5-14-38(44)28-32-48(50)55/h1-33,37,43,52-53H. The lowest BCUT2D eigenvalue weighted by Gasteiger charge is -2.27. The van der Waals surface area contributed by atoms with Crippen LogP contribution in [-0.4, -0.2) is 10.3 Å². The maximum Gasteiger partial charge on any atom is 0.145 e. The maximum atomic E-state index is 5.42. The lowest BCUT2D eigenvalue weighted by molar-refractivity contribution is 0.694. The molecule has 1 aromatic heterocycles. The highest BCUT2D eigenvalue weighted by atomic mass is 15.1. The van der Waals surface area contributed by atoms with E-state index in [1.54, 1.807) is 0 Å². The summed E-state index contributed by atoms with van der Waals surface area (Å²) in [6.45, 7) is 0. The number of nitrogens with one attached hydrogen (secondary N) is 1. The smallest absolute Gasteiger partial charge is 0.145 e. The van der Waals surface area contributed by atoms with Gasteiger partial charge in [-0.25, -0.2) is 0 Å². The molecule has 0 fully saturated rings. The summed E-state index contributed by atoms with van der Waals surface area (Å²) in [5.41, 5.74) is 15.3. The van der Waals surface area contributed by atoms with E-state index in [0.717, 1.165) is 33.8 Å². The van der Waals surface area contributed by atoms with Crippen molar-refractivity contribution in [2.24, 2.45) is 10.9 Å². The van der Waals surface area contributed by atoms with Gasteiger partial charge in [0.15, 0.2) is 0 Å². The average molecular weight is 704 g/mol. The van der Waals surface area contributed by atoms with E-state index in [2.05, 4.69) is 210 Å². The number of fused-ring (bicyclic) bond motifs is 8. The van der Waals surface area contributed by atoms with E-state index in [0.29, 0.717) is 11.8 Å². The molecule has 8 aromatic rings. The monoisotopic (exact) mass is 703 g/mol. The second-order valence-electron chi connectivity index (χ2n) is 14.7. The van der Waals surface area contributed by atoms with Crippen LogP contribution in [0, 0.1) is 5.92 Å². The van der Waals surface area contributed by atoms with Gasteiger partial charge in [-0.2, -0.15) is 0 Å². The number of aliphatic imine (C=N–C) groups is 1. The molecule has 260 valence electrons. The summed E-state index contributed by atoms with van der Waals surface area (Å²) < 4.78 is 2.45. The molecular formula is C52H37N3. The first kappa shape index (κ1) is 31.5. The van der Waals surface area contributed by atoms with E-state index in [1.165, 1.54) is 55.2 Å². The van der Waals surface area contributed by atoms with Gasteiger partial charge in [0, 0.05) is 39.7 Å². The van der Waals surface area contributed by atoms with Gasteiger partial charge in [-0.1, -0.05) is 164 Å². The third-order valence-corrected chi connectivity index (χ3v) is 11.6. The zero-order chi connectivity index (χ0) is 36.3. The second kappa shape index (κ2) is 12.9. The van der Waals surface area contributed by atoms with E-state index in [9.17, 15) is 0 Å². The summed E-state index contributed by atoms with van der Waals surface area (Å²) >= 11 is 0. The Morgan fingerprint density at radius 3 is 2.13 bits per heavy atom. The van der Waals surface area contributed by atoms with Crippen LogP contribution in [0.4, 0.5) is 5.69 Å². The molecule has 7 aromatic carbocycles. The van der Waals surface area contributed by atoms with Crippen molar-refractivity contribution >= 4 is 39.2 Å². The van der Waals surface area contributed by atoms with Crippen molar-refractivity contribution in [1.29, 1.82) is 0 Å². The van der Waals surface area contributed by atoms with Gasteiger partial charge in [0.2, 0.25) is 0 Å². The minimum atomic E-state index is -0.230. The summed E-state index contributed by atoms with van der Waals surface area (Å²) in [7, 11) is 0. The average Bonchev–Trinajstić information content (AvgIpc) is 3.62. The van der Waals surface area contributed by atoms with Gasteiger partial charge in [-0.05, 0) is 80.6 Å². The SMILES string of the molecule is C1=CC2C=Cc3c(c4c5ccccc5ccc4n3-c3ccc(C4N=C(c5cccc(-c6ccc(-c7ccccc7)cc6)c5)c5ccccc5N4)cc3)C2C=C1. The van der Waals surface area contributed by atoms with Crippen molar-refractivity contribution in [2.75, 3.05) is 5.32 Å². The molecule has 3 nitrogen and oxygen atoms in total. The lowest BCUT2D eigenvalue weighted by atomic mass is 9.78. The molecule has 3 aliphatic rings. The Morgan fingerprint density at radius 2 is 1.25 bits per heavy atom. The highest BCUT2D eigenvalue weighted by Gasteiger charge is 2.31. The molecule has 0 radical (unpaired) electrons. The van der Waals surface area contributed by atoms with Crippen LogP contribution < -0.4 is 5.32 Å². The first-order valence-electron chi connectivity index (χ1n) is 19.2. The van der Waals surface area contributed by atoms with Crippen molar-refractivity contribution in [3.63, 3.8) is 0 Å². The van der Waals surface area contributed by atoms with Gasteiger partial charge in [-0.15, -0.1) is 0 Å². The van der Waals surface area contributed by atoms with Crippen LogP contribution in [0.1, 0.15) is 40.0 Å². The number of nitrogens with zero attached hydrogens (tertiary/aromatic N) is 2. The first-order valence-corrected chi connectivity index (χ1v) is 19.2. The fourth-order valence-corrected chi connectivity index (χ4v) is 8.91. The largest absolute Gasteiger partial charge is 0.360 e. The van der Waals surface area contributed by atoms with Crippen molar-refractivity contribution in [3.05, 3.63) is 222 Å². The van der Waals surface area contributed by atoms with Gasteiger partial charge in [0.25, 0.3) is 0 Å². The summed E-state index contributed by atoms with van der Waals surface area (Å²) in [5.74, 6) is 0.677. The zero-order valence-electron chi connectivity index (χ0n) is 30.2. The van der Waals surface area contributed by atoms with Gasteiger partial charge < -0.3 is 9.88 Å². The predicted octanol–water partition coefficient (Wildman–Crippen LogP) is 12.9. The number of hydrogen-bond acceptors (Lipinski definition) is 2. The van der Waals surface area contributed by atoms with E-state index in [1.807, 2.05) is 0 Å². The van der Waals surface area contributed by atoms with Crippen molar-refractivity contribution in [2.45, 2.75) is 12.1 Å². The van der Waals surface area contributed by atoms with Crippen LogP contribution in [0.25, 0.3) is 55.7 Å². The van der Waals surface area contributed by atoms with E-state index in [4.69, 9.17) is 4.99 Å². The van der Waals surface area contributed by atoms with Crippen LogP contribution >= 0.6 is 0 Å². The zero-order valence-corrected chi connectivity index (χ0v) is 30.2. The van der Waals surface area contributed by atoms with Crippen LogP contribution in [0.5, 0.6) is 0 Å². The van der Waals surface area contributed by atoms with Crippen molar-refractivity contribution in [1.82, 2.24) is 4.57 Å². The molecule has 55 heavy (non-hydrogen) atoms. The topological polar surface area (TPSA) is 29.3 Å². The third-order valence-electron chi connectivity index (χ3n) is 11.6. The fourth-order valence-electron chi connectivity index (χ4n) is 8.91. The lowest BCUT2D eigenvalue weighted by Crippen LogP contribution is -2.20. The highest BCUT2D eigenvalue weighted by Crippen LogP contribution is 2.46. The Kier molecular flexibility index (Phi) is 7.38. The van der Waals surface area contributed by atoms with E-state index < -0.39 is 0 Å². The number of anilines is 1. The number of hydrogen-bond donors (Lipinski definition) is 1. The molecule has 0 spiro atoms. The molecule has 0 saturated carbocycles. The molecule has 0 saturated heterocycles. The quantitative estimate of drug-likeness (QED) is 0.190. The fraction of sp³-hybridized carbons (Fsp3) is 0.0577. The van der Waals surface area contributed by atoms with Crippen LogP contribution in [0.15, 0.2) is 199 Å². The highest BCUT2D eigenvalue weighted by molar-refractivity contribution is 6.17. The summed E-state index contributed by atoms with van der Waals surface area (Å²) in [6.07, 6.45) is 13.6. The molecule has 3 unspecified atom stereocenters. The third kappa shape index (κ3) is 5.31. The molecule has 1 N–H and O–H groups in total. The second-order valence-corrected chi connectivity index (χ2v) is 14.7. The summed E-state index contributed by atoms with van der Waals surface area (Å²) in [5, 5.41) is 7.68. The molecule has 2 aliphatic carbocycles. The molecule has 3 atom stereocenters. The maximum absolute atomic E-state index is 5.42. The summed E-state index contributed by atoms with van der Waals surface area (Å²) in [4.78, 5) is 5.42. The number of allylic oxidation sites excluding steroid dienone is 5. The Balaban J connectivity index is 0.972. The van der Waals surface area contributed by atoms with Crippen LogP contribution in [0.3, 0.4) is 0 Å². The number of aromatic nitrogens is 1. The molecule has 0 bridgehead atoms. The predicted molar refractivity (Wildman–Crippen MR) is 230 cm³/mol. The van der Waals surface area contributed by atoms with Crippen molar-refractivity contribution < 1.29 is 0 Å². The van der Waals surface area contributed by atoms with Crippen LogP contribution in [0.2, 0.25) is 0 Å². The molecule has 3 heteroatoms. The first-order chi connectivity index (χ1) is 27.3. The molecule has 1 aliphatic heterocycles. The molecule has 0 amide bonds. The normalized spacial score (nSPS) is 18.0. The molecule has 11 rings (SSSR count). The van der Waals surface area contributed by atoms with Gasteiger partial charge >= 0.3 is 0 Å². The van der Waals surface area contributed by atoms with Crippen molar-refractivity contribution in [3.8, 4) is 27.9 Å². The number of para-hydroxylation sites is 1. The van der Waals surface area contributed by atoms with Gasteiger partial charge in [0.1, 0.15) is 6.17 Å². The minimum absolute atomic E-state index is 0.230. The Labute approximate surface area is 321 Å². The van der Waals surface area contributed by atoms with E-state index >= 15 is 0 Å². The summed E-state index contributed by atoms with van der Waals surface area (Å²) in [6, 6.07) is 59.1. The number of benzene rings is 7.